The molecule has 1 aromatic heterocycles. The average Bonchev–Trinajstić information content (AvgIpc) is 3.14. The number of nitrogens with one attached hydrogen (secondary N) is 1. The molecule has 2 fully saturated rings. The van der Waals surface area contributed by atoms with Crippen molar-refractivity contribution in [3.8, 4) is 0 Å². The molecule has 2 aliphatic rings. The lowest BCUT2D eigenvalue weighted by atomic mass is 9.86. The first-order valence-corrected chi connectivity index (χ1v) is 10.9. The summed E-state index contributed by atoms with van der Waals surface area (Å²) in [7, 11) is 2.14. The van der Waals surface area contributed by atoms with Gasteiger partial charge >= 0.3 is 0 Å². The Morgan fingerprint density at radius 3 is 2.63 bits per heavy atom. The number of anilines is 1. The second-order valence-corrected chi connectivity index (χ2v) is 8.85. The normalized spacial score (nSPS) is 23.6. The van der Waals surface area contributed by atoms with Crippen LogP contribution in [0.2, 0.25) is 0 Å². The number of piperidine rings is 1. The molecule has 2 aliphatic heterocycles. The Kier molecular flexibility index (Phi) is 6.44. The summed E-state index contributed by atoms with van der Waals surface area (Å²) in [5, 5.41) is 2.95. The molecule has 1 aromatic carbocycles. The predicted molar refractivity (Wildman–Crippen MR) is 117 cm³/mol. The molecule has 30 heavy (non-hydrogen) atoms. The van der Waals surface area contributed by atoms with Crippen molar-refractivity contribution in [3.63, 3.8) is 0 Å². The topological polar surface area (TPSA) is 48.5 Å². The van der Waals surface area contributed by atoms with Crippen LogP contribution in [0.5, 0.6) is 0 Å². The lowest BCUT2D eigenvalue weighted by molar-refractivity contribution is -0.119. The zero-order chi connectivity index (χ0) is 21.1. The van der Waals surface area contributed by atoms with Crippen molar-refractivity contribution in [2.45, 2.75) is 38.8 Å². The van der Waals surface area contributed by atoms with Crippen molar-refractivity contribution in [2.75, 3.05) is 32.0 Å². The van der Waals surface area contributed by atoms with E-state index in [0.29, 0.717) is 17.6 Å². The maximum absolute atomic E-state index is 13.1. The van der Waals surface area contributed by atoms with Gasteiger partial charge in [0, 0.05) is 37.2 Å². The standard InChI is InChI=1S/C24H31FN4O/c1-17-14-26-10-7-19(17)16-29-11-8-18(9-12-29)23-13-20(15-28(23)2)24(30)27-22-5-3-21(25)4-6-22/h3-7,10,14,18,20,23H,8-9,11-13,15-16H2,1-2H3,(H,27,30)/t20-,23-/m1/s1. The zero-order valence-corrected chi connectivity index (χ0v) is 17.9. The summed E-state index contributed by atoms with van der Waals surface area (Å²) in [5.41, 5.74) is 3.27. The van der Waals surface area contributed by atoms with E-state index in [-0.39, 0.29) is 17.6 Å². The van der Waals surface area contributed by atoms with Crippen molar-refractivity contribution in [1.82, 2.24) is 14.8 Å². The van der Waals surface area contributed by atoms with E-state index in [2.05, 4.69) is 40.1 Å². The predicted octanol–water partition coefficient (Wildman–Crippen LogP) is 3.70. The van der Waals surface area contributed by atoms with Gasteiger partial charge in [0.25, 0.3) is 0 Å². The molecular formula is C24H31FN4O. The van der Waals surface area contributed by atoms with Gasteiger partial charge in [0.05, 0.1) is 5.92 Å². The van der Waals surface area contributed by atoms with Gasteiger partial charge < -0.3 is 10.2 Å². The molecule has 0 radical (unpaired) electrons. The van der Waals surface area contributed by atoms with Gasteiger partial charge in [0.2, 0.25) is 5.91 Å². The van der Waals surface area contributed by atoms with Gasteiger partial charge in [-0.2, -0.15) is 0 Å². The summed E-state index contributed by atoms with van der Waals surface area (Å²) < 4.78 is 13.1. The van der Waals surface area contributed by atoms with E-state index in [1.165, 1.54) is 36.1 Å². The van der Waals surface area contributed by atoms with E-state index >= 15 is 0 Å². The molecule has 1 N–H and O–H groups in total. The molecule has 0 unspecified atom stereocenters. The number of amides is 1. The molecule has 6 heteroatoms. The highest BCUT2D eigenvalue weighted by molar-refractivity contribution is 5.92. The number of pyridine rings is 1. The molecule has 0 saturated carbocycles. The Bertz CT molecular complexity index is 864. The van der Waals surface area contributed by atoms with Crippen LogP contribution in [0.15, 0.2) is 42.7 Å². The number of aryl methyl sites for hydroxylation is 1. The van der Waals surface area contributed by atoms with Gasteiger partial charge in [-0.25, -0.2) is 4.39 Å². The van der Waals surface area contributed by atoms with Gasteiger partial charge in [-0.3, -0.25) is 14.7 Å². The molecule has 4 rings (SSSR count). The molecular weight excluding hydrogens is 379 g/mol. The lowest BCUT2D eigenvalue weighted by Crippen LogP contribution is -2.41. The third-order valence-corrected chi connectivity index (χ3v) is 6.79. The van der Waals surface area contributed by atoms with Crippen LogP contribution >= 0.6 is 0 Å². The molecule has 0 aliphatic carbocycles. The number of hydrogen-bond acceptors (Lipinski definition) is 4. The summed E-state index contributed by atoms with van der Waals surface area (Å²) in [6.07, 6.45) is 7.06. The Labute approximate surface area is 178 Å². The minimum absolute atomic E-state index is 0.0115. The van der Waals surface area contributed by atoms with Crippen LogP contribution in [0.1, 0.15) is 30.4 Å². The zero-order valence-electron chi connectivity index (χ0n) is 17.9. The molecule has 2 aromatic rings. The fraction of sp³-hybridized carbons (Fsp3) is 0.500. The number of aromatic nitrogens is 1. The second kappa shape index (κ2) is 9.23. The second-order valence-electron chi connectivity index (χ2n) is 8.85. The van der Waals surface area contributed by atoms with Crippen LogP contribution in [-0.2, 0) is 11.3 Å². The highest BCUT2D eigenvalue weighted by atomic mass is 19.1. The number of rotatable bonds is 5. The maximum Gasteiger partial charge on any atom is 0.228 e. The number of hydrogen-bond donors (Lipinski definition) is 1. The van der Waals surface area contributed by atoms with Crippen molar-refractivity contribution >= 4 is 11.6 Å². The van der Waals surface area contributed by atoms with Gasteiger partial charge in [0.15, 0.2) is 0 Å². The Hall–Kier alpha value is -2.31. The van der Waals surface area contributed by atoms with E-state index in [9.17, 15) is 9.18 Å². The quantitative estimate of drug-likeness (QED) is 0.817. The van der Waals surface area contributed by atoms with E-state index in [0.717, 1.165) is 32.6 Å². The molecule has 160 valence electrons. The van der Waals surface area contributed by atoms with Crippen molar-refractivity contribution in [2.24, 2.45) is 11.8 Å². The monoisotopic (exact) mass is 410 g/mol. The summed E-state index contributed by atoms with van der Waals surface area (Å²) in [4.78, 5) is 21.8. The highest BCUT2D eigenvalue weighted by Crippen LogP contribution is 2.33. The van der Waals surface area contributed by atoms with Crippen molar-refractivity contribution < 1.29 is 9.18 Å². The Morgan fingerprint density at radius 1 is 1.20 bits per heavy atom. The van der Waals surface area contributed by atoms with Gasteiger partial charge in [0.1, 0.15) is 5.82 Å². The van der Waals surface area contributed by atoms with Crippen LogP contribution in [0.3, 0.4) is 0 Å². The molecule has 2 saturated heterocycles. The third kappa shape index (κ3) is 4.87. The lowest BCUT2D eigenvalue weighted by Gasteiger charge is -2.37. The highest BCUT2D eigenvalue weighted by Gasteiger charge is 2.39. The van der Waals surface area contributed by atoms with Crippen LogP contribution in [-0.4, -0.2) is 53.4 Å². The number of halogens is 1. The SMILES string of the molecule is Cc1cnccc1CN1CCC([C@H]2C[C@@H](C(=O)Nc3ccc(F)cc3)CN2C)CC1. The smallest absolute Gasteiger partial charge is 0.228 e. The van der Waals surface area contributed by atoms with E-state index < -0.39 is 0 Å². The Balaban J connectivity index is 1.28. The summed E-state index contributed by atoms with van der Waals surface area (Å²) in [6, 6.07) is 8.56. The van der Waals surface area contributed by atoms with E-state index in [1.54, 1.807) is 12.1 Å². The largest absolute Gasteiger partial charge is 0.326 e. The van der Waals surface area contributed by atoms with Crippen molar-refractivity contribution in [3.05, 3.63) is 59.7 Å². The summed E-state index contributed by atoms with van der Waals surface area (Å²) >= 11 is 0. The van der Waals surface area contributed by atoms with E-state index in [1.807, 2.05) is 12.4 Å². The summed E-state index contributed by atoms with van der Waals surface area (Å²) in [6.45, 7) is 6.10. The number of carbonyl (C=O) groups excluding carboxylic acids is 1. The maximum atomic E-state index is 13.1. The van der Waals surface area contributed by atoms with Gasteiger partial charge in [-0.05, 0) is 93.7 Å². The fourth-order valence-electron chi connectivity index (χ4n) is 4.97. The van der Waals surface area contributed by atoms with Crippen LogP contribution in [0, 0.1) is 24.6 Å². The van der Waals surface area contributed by atoms with Crippen molar-refractivity contribution in [1.29, 1.82) is 0 Å². The first-order valence-electron chi connectivity index (χ1n) is 10.9. The average molecular weight is 411 g/mol. The number of benzene rings is 1. The number of likely N-dealkylation sites (tertiary alicyclic amines) is 2. The first-order chi connectivity index (χ1) is 14.5. The Morgan fingerprint density at radius 2 is 1.93 bits per heavy atom. The first kappa shape index (κ1) is 20.9. The number of carbonyl (C=O) groups is 1. The van der Waals surface area contributed by atoms with Crippen LogP contribution in [0.25, 0.3) is 0 Å². The van der Waals surface area contributed by atoms with Gasteiger partial charge in [-0.15, -0.1) is 0 Å². The molecule has 3 heterocycles. The van der Waals surface area contributed by atoms with Gasteiger partial charge in [-0.1, -0.05) is 0 Å². The number of nitrogens with zero attached hydrogens (tertiary/aromatic N) is 3. The summed E-state index contributed by atoms with van der Waals surface area (Å²) in [5.74, 6) is 0.372. The molecule has 5 nitrogen and oxygen atoms in total. The van der Waals surface area contributed by atoms with Crippen LogP contribution < -0.4 is 5.32 Å². The molecule has 1 amide bonds. The molecule has 0 spiro atoms. The third-order valence-electron chi connectivity index (χ3n) is 6.79. The minimum atomic E-state index is -0.293. The minimum Gasteiger partial charge on any atom is -0.326 e. The van der Waals surface area contributed by atoms with E-state index in [4.69, 9.17) is 0 Å². The van der Waals surface area contributed by atoms with Crippen LogP contribution in [0.4, 0.5) is 10.1 Å². The molecule has 0 bridgehead atoms. The fourth-order valence-corrected chi connectivity index (χ4v) is 4.97. The molecule has 2 atom stereocenters.